The highest BCUT2D eigenvalue weighted by atomic mass is 16.3. The summed E-state index contributed by atoms with van der Waals surface area (Å²) in [5, 5.41) is 25.2. The molecule has 6 heteroatoms. The third-order valence-corrected chi connectivity index (χ3v) is 3.12. The summed E-state index contributed by atoms with van der Waals surface area (Å²) in [6, 6.07) is 0. The number of nitrogens with zero attached hydrogens (tertiary/aromatic N) is 2. The number of hydrogen-bond donors (Lipinski definition) is 4. The van der Waals surface area contributed by atoms with Crippen LogP contribution in [0.3, 0.4) is 0 Å². The van der Waals surface area contributed by atoms with Crippen LogP contribution in [0.2, 0.25) is 0 Å². The van der Waals surface area contributed by atoms with Crippen LogP contribution in [0.1, 0.15) is 45.6 Å². The molecule has 0 radical (unpaired) electrons. The van der Waals surface area contributed by atoms with Crippen LogP contribution in [0.4, 0.5) is 11.6 Å². The van der Waals surface area contributed by atoms with Crippen molar-refractivity contribution < 1.29 is 10.2 Å². The van der Waals surface area contributed by atoms with Gasteiger partial charge in [-0.25, -0.2) is 9.97 Å². The van der Waals surface area contributed by atoms with Crippen LogP contribution in [0.5, 0.6) is 0 Å². The minimum atomic E-state index is -0.806. The molecule has 1 aromatic heterocycles. The van der Waals surface area contributed by atoms with E-state index in [1.54, 1.807) is 6.92 Å². The third kappa shape index (κ3) is 4.05. The summed E-state index contributed by atoms with van der Waals surface area (Å²) in [5.41, 5.74) is 0.161. The zero-order valence-corrected chi connectivity index (χ0v) is 12.8. The molecule has 6 nitrogen and oxygen atoms in total. The zero-order valence-electron chi connectivity index (χ0n) is 12.8. The van der Waals surface area contributed by atoms with Crippen molar-refractivity contribution in [1.29, 1.82) is 0 Å². The lowest BCUT2D eigenvalue weighted by molar-refractivity contribution is 0.147. The second-order valence-electron chi connectivity index (χ2n) is 5.57. The fourth-order valence-corrected chi connectivity index (χ4v) is 1.84. The van der Waals surface area contributed by atoms with Crippen molar-refractivity contribution in [2.24, 2.45) is 0 Å². The molecule has 1 rings (SSSR count). The molecule has 0 saturated heterocycles. The van der Waals surface area contributed by atoms with Gasteiger partial charge in [-0.2, -0.15) is 0 Å². The highest BCUT2D eigenvalue weighted by Gasteiger charge is 2.25. The van der Waals surface area contributed by atoms with Crippen LogP contribution in [0.25, 0.3) is 0 Å². The Bertz CT molecular complexity index is 420. The van der Waals surface area contributed by atoms with E-state index in [2.05, 4.69) is 41.4 Å². The van der Waals surface area contributed by atoms with Gasteiger partial charge in [0.15, 0.2) is 0 Å². The second kappa shape index (κ2) is 7.40. The van der Waals surface area contributed by atoms with Crippen molar-refractivity contribution in [3.8, 4) is 0 Å². The van der Waals surface area contributed by atoms with E-state index in [1.165, 1.54) is 6.33 Å². The van der Waals surface area contributed by atoms with Crippen LogP contribution in [0.15, 0.2) is 6.33 Å². The molecule has 0 aliphatic rings. The van der Waals surface area contributed by atoms with Crippen molar-refractivity contribution in [2.45, 2.75) is 45.6 Å². The Balaban J connectivity index is 3.12. The number of nitrogens with one attached hydrogen (secondary N) is 2. The molecule has 0 aliphatic heterocycles. The lowest BCUT2D eigenvalue weighted by Crippen LogP contribution is -2.43. The largest absolute Gasteiger partial charge is 0.394 e. The molecule has 0 aromatic carbocycles. The molecular formula is C14H26N4O2. The monoisotopic (exact) mass is 282 g/mol. The van der Waals surface area contributed by atoms with Gasteiger partial charge in [-0.3, -0.25) is 0 Å². The van der Waals surface area contributed by atoms with Gasteiger partial charge in [-0.05, 0) is 19.3 Å². The predicted molar refractivity (Wildman–Crippen MR) is 81.1 cm³/mol. The van der Waals surface area contributed by atoms with Gasteiger partial charge in [-0.1, -0.05) is 20.8 Å². The van der Waals surface area contributed by atoms with Crippen LogP contribution in [-0.2, 0) is 0 Å². The molecule has 0 amide bonds. The maximum absolute atomic E-state index is 9.41. The first kappa shape index (κ1) is 16.7. The van der Waals surface area contributed by atoms with Crippen molar-refractivity contribution in [2.75, 3.05) is 30.4 Å². The average Bonchev–Trinajstić information content (AvgIpc) is 2.44. The van der Waals surface area contributed by atoms with Gasteiger partial charge < -0.3 is 20.8 Å². The van der Waals surface area contributed by atoms with Crippen molar-refractivity contribution in [1.82, 2.24) is 9.97 Å². The first-order valence-corrected chi connectivity index (χ1v) is 7.06. The van der Waals surface area contributed by atoms with E-state index >= 15 is 0 Å². The van der Waals surface area contributed by atoms with Crippen molar-refractivity contribution in [3.05, 3.63) is 11.9 Å². The molecule has 114 valence electrons. The number of anilines is 2. The van der Waals surface area contributed by atoms with E-state index in [0.29, 0.717) is 5.82 Å². The molecule has 0 bridgehead atoms. The van der Waals surface area contributed by atoms with E-state index in [-0.39, 0.29) is 19.1 Å². The Morgan fingerprint density at radius 2 is 1.80 bits per heavy atom. The van der Waals surface area contributed by atoms with Crippen LogP contribution in [-0.4, -0.2) is 45.5 Å². The molecule has 0 unspecified atom stereocenters. The Labute approximate surface area is 120 Å². The van der Waals surface area contributed by atoms with Crippen LogP contribution >= 0.6 is 0 Å². The number of aromatic nitrogens is 2. The van der Waals surface area contributed by atoms with E-state index in [4.69, 9.17) is 0 Å². The molecule has 20 heavy (non-hydrogen) atoms. The molecule has 0 fully saturated rings. The summed E-state index contributed by atoms with van der Waals surface area (Å²) in [6.07, 6.45) is 2.50. The standard InChI is InChI=1S/C14H26N4O2/c1-5-6-15-12-11(10(2)3)13(17-9-16-12)18-14(4,7-19)8-20/h9-10,19-20H,5-8H2,1-4H3,(H2,15,16,17,18). The maximum Gasteiger partial charge on any atom is 0.135 e. The SMILES string of the molecule is CCCNc1ncnc(NC(C)(CO)CO)c1C(C)C. The van der Waals surface area contributed by atoms with Crippen LogP contribution in [0, 0.1) is 0 Å². The van der Waals surface area contributed by atoms with E-state index in [1.807, 2.05) is 0 Å². The van der Waals surface area contributed by atoms with Gasteiger partial charge in [0, 0.05) is 12.1 Å². The summed E-state index contributed by atoms with van der Waals surface area (Å²) in [5.74, 6) is 1.68. The Kier molecular flexibility index (Phi) is 6.16. The number of aliphatic hydroxyl groups excluding tert-OH is 2. The van der Waals surface area contributed by atoms with Gasteiger partial charge in [0.1, 0.15) is 18.0 Å². The van der Waals surface area contributed by atoms with Gasteiger partial charge >= 0.3 is 0 Å². The Morgan fingerprint density at radius 3 is 2.30 bits per heavy atom. The quantitative estimate of drug-likeness (QED) is 0.579. The second-order valence-corrected chi connectivity index (χ2v) is 5.57. The normalized spacial score (nSPS) is 11.8. The minimum absolute atomic E-state index is 0.178. The highest BCUT2D eigenvalue weighted by Crippen LogP contribution is 2.29. The zero-order chi connectivity index (χ0) is 15.2. The summed E-state index contributed by atoms with van der Waals surface area (Å²) in [7, 11) is 0. The van der Waals surface area contributed by atoms with Gasteiger partial charge in [0.25, 0.3) is 0 Å². The Morgan fingerprint density at radius 1 is 1.20 bits per heavy atom. The number of rotatable bonds is 8. The fourth-order valence-electron chi connectivity index (χ4n) is 1.84. The molecular weight excluding hydrogens is 256 g/mol. The highest BCUT2D eigenvalue weighted by molar-refractivity contribution is 5.59. The molecule has 0 atom stereocenters. The predicted octanol–water partition coefficient (Wildman–Crippen LogP) is 1.58. The fraction of sp³-hybridized carbons (Fsp3) is 0.714. The summed E-state index contributed by atoms with van der Waals surface area (Å²) < 4.78 is 0. The van der Waals surface area contributed by atoms with Crippen LogP contribution < -0.4 is 10.6 Å². The molecule has 1 aromatic rings. The minimum Gasteiger partial charge on any atom is -0.394 e. The first-order chi connectivity index (χ1) is 9.47. The lowest BCUT2D eigenvalue weighted by Gasteiger charge is -2.29. The Hall–Kier alpha value is -1.40. The lowest BCUT2D eigenvalue weighted by atomic mass is 10.0. The number of aliphatic hydroxyl groups is 2. The van der Waals surface area contributed by atoms with E-state index < -0.39 is 5.54 Å². The van der Waals surface area contributed by atoms with Gasteiger partial charge in [-0.15, -0.1) is 0 Å². The van der Waals surface area contributed by atoms with Crippen molar-refractivity contribution in [3.63, 3.8) is 0 Å². The molecule has 4 N–H and O–H groups in total. The molecule has 0 aliphatic carbocycles. The van der Waals surface area contributed by atoms with Gasteiger partial charge in [0.2, 0.25) is 0 Å². The summed E-state index contributed by atoms with van der Waals surface area (Å²) >= 11 is 0. The number of hydrogen-bond acceptors (Lipinski definition) is 6. The average molecular weight is 282 g/mol. The smallest absolute Gasteiger partial charge is 0.135 e. The van der Waals surface area contributed by atoms with Gasteiger partial charge in [0.05, 0.1) is 18.8 Å². The molecule has 1 heterocycles. The molecule has 0 saturated carbocycles. The summed E-state index contributed by atoms with van der Waals surface area (Å²) in [4.78, 5) is 8.56. The first-order valence-electron chi connectivity index (χ1n) is 7.06. The topological polar surface area (TPSA) is 90.3 Å². The van der Waals surface area contributed by atoms with E-state index in [9.17, 15) is 10.2 Å². The summed E-state index contributed by atoms with van der Waals surface area (Å²) in [6.45, 7) is 8.46. The molecule has 0 spiro atoms. The van der Waals surface area contributed by atoms with E-state index in [0.717, 1.165) is 24.3 Å². The third-order valence-electron chi connectivity index (χ3n) is 3.12. The van der Waals surface area contributed by atoms with Crippen molar-refractivity contribution >= 4 is 11.6 Å². The maximum atomic E-state index is 9.41.